The first-order valence-electron chi connectivity index (χ1n) is 8.55. The second-order valence-corrected chi connectivity index (χ2v) is 6.22. The number of aromatic nitrogens is 2. The summed E-state index contributed by atoms with van der Waals surface area (Å²) in [7, 11) is 0. The van der Waals surface area contributed by atoms with Crippen molar-refractivity contribution in [2.45, 2.75) is 20.4 Å². The van der Waals surface area contributed by atoms with Crippen molar-refractivity contribution in [1.82, 2.24) is 9.97 Å². The van der Waals surface area contributed by atoms with E-state index >= 15 is 0 Å². The summed E-state index contributed by atoms with van der Waals surface area (Å²) in [6.07, 6.45) is 1.35. The molecule has 1 aromatic heterocycles. The molecule has 136 valence electrons. The highest BCUT2D eigenvalue weighted by atomic mass is 16.2. The number of aryl methyl sites for hydroxylation is 1. The zero-order valence-electron chi connectivity index (χ0n) is 15.2. The number of rotatable bonds is 6. The van der Waals surface area contributed by atoms with E-state index in [0.29, 0.717) is 23.6 Å². The minimum absolute atomic E-state index is 0.0595. The standard InChI is InChI=1S/C21H20N4O2/c1-14-5-3-6-16(9-14)12-22-20-11-19(23-13-24-20)21(27)25-18-8-4-7-17(10-18)15(2)26/h3-11,13H,12H2,1-2H3,(H,25,27)(H,22,23,24). The highest BCUT2D eigenvalue weighted by Crippen LogP contribution is 2.14. The molecule has 1 heterocycles. The second kappa shape index (κ2) is 8.23. The molecule has 0 aliphatic carbocycles. The Kier molecular flexibility index (Phi) is 5.56. The third-order valence-corrected chi connectivity index (χ3v) is 3.98. The Bertz CT molecular complexity index is 985. The van der Waals surface area contributed by atoms with Crippen LogP contribution in [0, 0.1) is 6.92 Å². The van der Waals surface area contributed by atoms with E-state index in [9.17, 15) is 9.59 Å². The van der Waals surface area contributed by atoms with Gasteiger partial charge in [-0.25, -0.2) is 9.97 Å². The lowest BCUT2D eigenvalue weighted by Gasteiger charge is -2.09. The number of amides is 1. The molecule has 27 heavy (non-hydrogen) atoms. The molecule has 0 atom stereocenters. The van der Waals surface area contributed by atoms with Gasteiger partial charge in [0.15, 0.2) is 5.78 Å². The third-order valence-electron chi connectivity index (χ3n) is 3.98. The number of hydrogen-bond acceptors (Lipinski definition) is 5. The molecule has 6 heteroatoms. The smallest absolute Gasteiger partial charge is 0.274 e. The molecule has 0 aliphatic rings. The number of anilines is 2. The van der Waals surface area contributed by atoms with Gasteiger partial charge < -0.3 is 10.6 Å². The quantitative estimate of drug-likeness (QED) is 0.652. The zero-order valence-corrected chi connectivity index (χ0v) is 15.2. The van der Waals surface area contributed by atoms with Crippen molar-refractivity contribution >= 4 is 23.2 Å². The first-order chi connectivity index (χ1) is 13.0. The molecule has 2 N–H and O–H groups in total. The van der Waals surface area contributed by atoms with Crippen molar-refractivity contribution in [3.8, 4) is 0 Å². The van der Waals surface area contributed by atoms with E-state index in [1.807, 2.05) is 25.1 Å². The lowest BCUT2D eigenvalue weighted by Crippen LogP contribution is -2.15. The lowest BCUT2D eigenvalue weighted by molar-refractivity contribution is 0.100. The molecular formula is C21H20N4O2. The van der Waals surface area contributed by atoms with Crippen LogP contribution in [-0.4, -0.2) is 21.7 Å². The number of carbonyl (C=O) groups excluding carboxylic acids is 2. The van der Waals surface area contributed by atoms with Crippen LogP contribution in [0.3, 0.4) is 0 Å². The molecule has 0 unspecified atom stereocenters. The first-order valence-corrected chi connectivity index (χ1v) is 8.55. The average molecular weight is 360 g/mol. The van der Waals surface area contributed by atoms with E-state index in [4.69, 9.17) is 0 Å². The van der Waals surface area contributed by atoms with Gasteiger partial charge in [0.2, 0.25) is 0 Å². The van der Waals surface area contributed by atoms with E-state index in [2.05, 4.69) is 26.7 Å². The number of hydrogen-bond donors (Lipinski definition) is 2. The van der Waals surface area contributed by atoms with Crippen LogP contribution >= 0.6 is 0 Å². The number of ketones is 1. The molecule has 0 radical (unpaired) electrons. The van der Waals surface area contributed by atoms with E-state index < -0.39 is 0 Å². The van der Waals surface area contributed by atoms with Crippen LogP contribution in [0.25, 0.3) is 0 Å². The molecule has 0 saturated carbocycles. The van der Waals surface area contributed by atoms with Gasteiger partial charge in [-0.15, -0.1) is 0 Å². The Morgan fingerprint density at radius 2 is 1.81 bits per heavy atom. The molecular weight excluding hydrogens is 340 g/mol. The Morgan fingerprint density at radius 3 is 2.59 bits per heavy atom. The summed E-state index contributed by atoms with van der Waals surface area (Å²) >= 11 is 0. The molecule has 1 amide bonds. The predicted octanol–water partition coefficient (Wildman–Crippen LogP) is 3.85. The van der Waals surface area contributed by atoms with Crippen LogP contribution < -0.4 is 10.6 Å². The minimum Gasteiger partial charge on any atom is -0.366 e. The van der Waals surface area contributed by atoms with Gasteiger partial charge in [0.25, 0.3) is 5.91 Å². The van der Waals surface area contributed by atoms with Crippen molar-refractivity contribution in [3.05, 3.63) is 83.3 Å². The molecule has 0 saturated heterocycles. The predicted molar refractivity (Wildman–Crippen MR) is 105 cm³/mol. The molecule has 3 aromatic rings. The first kappa shape index (κ1) is 18.3. The number of nitrogens with zero attached hydrogens (tertiary/aromatic N) is 2. The average Bonchev–Trinajstić information content (AvgIpc) is 2.67. The molecule has 0 aliphatic heterocycles. The Balaban J connectivity index is 1.68. The number of Topliss-reactive ketones (excluding diaryl/α,β-unsaturated/α-hetero) is 1. The number of nitrogens with one attached hydrogen (secondary N) is 2. The summed E-state index contributed by atoms with van der Waals surface area (Å²) in [6.45, 7) is 4.12. The molecule has 2 aromatic carbocycles. The maximum atomic E-state index is 12.5. The van der Waals surface area contributed by atoms with Crippen LogP contribution in [0.4, 0.5) is 11.5 Å². The Labute approximate surface area is 157 Å². The van der Waals surface area contributed by atoms with Gasteiger partial charge in [0, 0.05) is 23.9 Å². The second-order valence-electron chi connectivity index (χ2n) is 6.22. The highest BCUT2D eigenvalue weighted by molar-refractivity contribution is 6.04. The number of carbonyl (C=O) groups is 2. The summed E-state index contributed by atoms with van der Waals surface area (Å²) in [5.74, 6) is 0.140. The SMILES string of the molecule is CC(=O)c1cccc(NC(=O)c2cc(NCc3cccc(C)c3)ncn2)c1. The van der Waals surface area contributed by atoms with Crippen LogP contribution in [-0.2, 0) is 6.54 Å². The molecule has 0 fully saturated rings. The van der Waals surface area contributed by atoms with Gasteiger partial charge in [0.1, 0.15) is 17.8 Å². The fraction of sp³-hybridized carbons (Fsp3) is 0.143. The van der Waals surface area contributed by atoms with E-state index in [0.717, 1.165) is 5.56 Å². The topological polar surface area (TPSA) is 84.0 Å². The fourth-order valence-corrected chi connectivity index (χ4v) is 2.60. The van der Waals surface area contributed by atoms with Crippen LogP contribution in [0.5, 0.6) is 0 Å². The molecule has 6 nitrogen and oxygen atoms in total. The summed E-state index contributed by atoms with van der Waals surface area (Å²) < 4.78 is 0. The van der Waals surface area contributed by atoms with Gasteiger partial charge >= 0.3 is 0 Å². The summed E-state index contributed by atoms with van der Waals surface area (Å²) in [5, 5.41) is 5.95. The lowest BCUT2D eigenvalue weighted by atomic mass is 10.1. The highest BCUT2D eigenvalue weighted by Gasteiger charge is 2.10. The van der Waals surface area contributed by atoms with Crippen molar-refractivity contribution in [3.63, 3.8) is 0 Å². The van der Waals surface area contributed by atoms with Gasteiger partial charge in [0.05, 0.1) is 0 Å². The largest absolute Gasteiger partial charge is 0.366 e. The monoisotopic (exact) mass is 360 g/mol. The summed E-state index contributed by atoms with van der Waals surface area (Å²) in [6, 6.07) is 16.5. The zero-order chi connectivity index (χ0) is 19.2. The summed E-state index contributed by atoms with van der Waals surface area (Å²) in [4.78, 5) is 32.1. The minimum atomic E-state index is -0.364. The van der Waals surface area contributed by atoms with Crippen LogP contribution in [0.2, 0.25) is 0 Å². The van der Waals surface area contributed by atoms with Crippen molar-refractivity contribution in [1.29, 1.82) is 0 Å². The number of benzene rings is 2. The Morgan fingerprint density at radius 1 is 1.00 bits per heavy atom. The van der Waals surface area contributed by atoms with Gasteiger partial charge in [-0.1, -0.05) is 42.0 Å². The maximum Gasteiger partial charge on any atom is 0.274 e. The molecule has 3 rings (SSSR count). The van der Waals surface area contributed by atoms with E-state index in [1.54, 1.807) is 30.3 Å². The molecule has 0 spiro atoms. The fourth-order valence-electron chi connectivity index (χ4n) is 2.60. The summed E-state index contributed by atoms with van der Waals surface area (Å²) in [5.41, 5.74) is 3.63. The van der Waals surface area contributed by atoms with Crippen molar-refractivity contribution in [2.24, 2.45) is 0 Å². The Hall–Kier alpha value is -3.54. The van der Waals surface area contributed by atoms with E-state index in [1.165, 1.54) is 18.8 Å². The van der Waals surface area contributed by atoms with Gasteiger partial charge in [-0.3, -0.25) is 9.59 Å². The normalized spacial score (nSPS) is 10.3. The van der Waals surface area contributed by atoms with Gasteiger partial charge in [-0.2, -0.15) is 0 Å². The maximum absolute atomic E-state index is 12.5. The van der Waals surface area contributed by atoms with Crippen molar-refractivity contribution in [2.75, 3.05) is 10.6 Å². The molecule has 0 bridgehead atoms. The van der Waals surface area contributed by atoms with Crippen molar-refractivity contribution < 1.29 is 9.59 Å². The van der Waals surface area contributed by atoms with Gasteiger partial charge in [-0.05, 0) is 31.5 Å². The van der Waals surface area contributed by atoms with Crippen LogP contribution in [0.15, 0.2) is 60.9 Å². The van der Waals surface area contributed by atoms with Crippen LogP contribution in [0.1, 0.15) is 38.9 Å². The third kappa shape index (κ3) is 4.98. The van der Waals surface area contributed by atoms with E-state index in [-0.39, 0.29) is 17.4 Å².